The molecule has 0 radical (unpaired) electrons. The fourth-order valence-electron chi connectivity index (χ4n) is 4.23. The third kappa shape index (κ3) is 4.95. The Bertz CT molecular complexity index is 956. The molecule has 0 spiro atoms. The molecule has 1 aromatic heterocycles. The Balaban J connectivity index is 1.44. The van der Waals surface area contributed by atoms with Gasteiger partial charge >= 0.3 is 0 Å². The maximum absolute atomic E-state index is 13.7. The summed E-state index contributed by atoms with van der Waals surface area (Å²) in [7, 11) is 0. The van der Waals surface area contributed by atoms with Gasteiger partial charge in [-0.3, -0.25) is 14.9 Å². The Morgan fingerprint density at radius 2 is 1.97 bits per heavy atom. The van der Waals surface area contributed by atoms with E-state index in [4.69, 9.17) is 0 Å². The first-order valence-electron chi connectivity index (χ1n) is 10.5. The lowest BCUT2D eigenvalue weighted by atomic mass is 10.0. The van der Waals surface area contributed by atoms with Crippen molar-refractivity contribution >= 4 is 0 Å². The van der Waals surface area contributed by atoms with Crippen LogP contribution in [-0.2, 0) is 13.1 Å². The summed E-state index contributed by atoms with van der Waals surface area (Å²) in [5, 5.41) is 16.8. The molecule has 1 saturated heterocycles. The van der Waals surface area contributed by atoms with E-state index in [1.54, 1.807) is 6.07 Å². The monoisotopic (exact) mass is 408 g/mol. The molecule has 1 aliphatic heterocycles. The van der Waals surface area contributed by atoms with E-state index in [-0.39, 0.29) is 12.4 Å². The number of nitrogens with one attached hydrogen (secondary N) is 1. The minimum Gasteiger partial charge on any atom is -0.396 e. The third-order valence-corrected chi connectivity index (χ3v) is 5.88. The number of aromatic nitrogens is 2. The maximum Gasteiger partial charge on any atom is 0.123 e. The summed E-state index contributed by atoms with van der Waals surface area (Å²) in [5.41, 5.74) is 5.32. The molecule has 2 aromatic carbocycles. The molecule has 0 aliphatic carbocycles. The summed E-state index contributed by atoms with van der Waals surface area (Å²) in [4.78, 5) is 4.87. The number of aromatic amines is 1. The van der Waals surface area contributed by atoms with Crippen LogP contribution in [0.5, 0.6) is 0 Å². The Morgan fingerprint density at radius 3 is 2.73 bits per heavy atom. The molecule has 1 atom stereocenters. The largest absolute Gasteiger partial charge is 0.396 e. The van der Waals surface area contributed by atoms with E-state index in [9.17, 15) is 9.50 Å². The first-order valence-corrected chi connectivity index (χ1v) is 10.5. The zero-order chi connectivity index (χ0) is 20.9. The molecule has 4 rings (SSSR count). The summed E-state index contributed by atoms with van der Waals surface area (Å²) >= 11 is 0. The zero-order valence-electron chi connectivity index (χ0n) is 17.4. The summed E-state index contributed by atoms with van der Waals surface area (Å²) in [6, 6.07) is 15.6. The van der Waals surface area contributed by atoms with Crippen LogP contribution in [0.2, 0.25) is 0 Å². The lowest BCUT2D eigenvalue weighted by molar-refractivity contribution is 0.0500. The molecule has 6 heteroatoms. The number of halogens is 1. The van der Waals surface area contributed by atoms with Crippen LogP contribution in [0, 0.1) is 12.7 Å². The van der Waals surface area contributed by atoms with Crippen molar-refractivity contribution < 1.29 is 9.50 Å². The van der Waals surface area contributed by atoms with Crippen LogP contribution < -0.4 is 0 Å². The van der Waals surface area contributed by atoms with Crippen LogP contribution in [0.4, 0.5) is 4.39 Å². The number of nitrogens with zero attached hydrogens (tertiary/aromatic N) is 3. The molecular formula is C24H29FN4O. The maximum atomic E-state index is 13.7. The fourth-order valence-corrected chi connectivity index (χ4v) is 4.23. The van der Waals surface area contributed by atoms with Gasteiger partial charge in [0, 0.05) is 56.5 Å². The SMILES string of the molecule is Cc1ccc(CN2CCN(Cc3cn[nH]c3-c3cccc(F)c3)CC2CCO)cc1. The van der Waals surface area contributed by atoms with Gasteiger partial charge in [-0.05, 0) is 31.0 Å². The van der Waals surface area contributed by atoms with Crippen molar-refractivity contribution in [3.05, 3.63) is 77.2 Å². The van der Waals surface area contributed by atoms with Crippen LogP contribution in [0.25, 0.3) is 11.3 Å². The molecule has 30 heavy (non-hydrogen) atoms. The van der Waals surface area contributed by atoms with Crippen LogP contribution >= 0.6 is 0 Å². The van der Waals surface area contributed by atoms with Gasteiger partial charge in [0.25, 0.3) is 0 Å². The number of hydrogen-bond donors (Lipinski definition) is 2. The number of aliphatic hydroxyl groups is 1. The highest BCUT2D eigenvalue weighted by Gasteiger charge is 2.27. The lowest BCUT2D eigenvalue weighted by Gasteiger charge is -2.41. The second-order valence-corrected chi connectivity index (χ2v) is 8.14. The van der Waals surface area contributed by atoms with Crippen molar-refractivity contribution in [3.63, 3.8) is 0 Å². The third-order valence-electron chi connectivity index (χ3n) is 5.88. The Labute approximate surface area is 177 Å². The molecule has 158 valence electrons. The average Bonchev–Trinajstić information content (AvgIpc) is 3.20. The van der Waals surface area contributed by atoms with Gasteiger partial charge in [0.05, 0.1) is 11.9 Å². The van der Waals surface area contributed by atoms with E-state index in [0.717, 1.165) is 56.0 Å². The summed E-state index contributed by atoms with van der Waals surface area (Å²) in [5.74, 6) is -0.249. The van der Waals surface area contributed by atoms with Crippen LogP contribution in [0.3, 0.4) is 0 Å². The predicted octanol–water partition coefficient (Wildman–Crippen LogP) is 3.59. The van der Waals surface area contributed by atoms with Gasteiger partial charge in [-0.15, -0.1) is 0 Å². The Morgan fingerprint density at radius 1 is 1.13 bits per heavy atom. The quantitative estimate of drug-likeness (QED) is 0.627. The van der Waals surface area contributed by atoms with Gasteiger partial charge in [-0.1, -0.05) is 42.0 Å². The minimum absolute atomic E-state index is 0.184. The first kappa shape index (κ1) is 20.7. The summed E-state index contributed by atoms with van der Waals surface area (Å²) in [6.45, 7) is 6.73. The van der Waals surface area contributed by atoms with Gasteiger partial charge in [-0.25, -0.2) is 4.39 Å². The highest BCUT2D eigenvalue weighted by Crippen LogP contribution is 2.25. The average molecular weight is 409 g/mol. The standard InChI is InChI=1S/C24H29FN4O/c1-18-5-7-19(8-6-18)15-29-11-10-28(17-23(29)9-12-30)16-21-14-26-27-24(21)20-3-2-4-22(25)13-20/h2-8,13-14,23,30H,9-12,15-17H2,1H3,(H,26,27). The van der Waals surface area contributed by atoms with Crippen LogP contribution in [0.1, 0.15) is 23.1 Å². The number of piperazine rings is 1. The normalized spacial score (nSPS) is 18.0. The number of aliphatic hydroxyl groups excluding tert-OH is 1. The van der Waals surface area contributed by atoms with E-state index < -0.39 is 0 Å². The predicted molar refractivity (Wildman–Crippen MR) is 116 cm³/mol. The molecule has 5 nitrogen and oxygen atoms in total. The fraction of sp³-hybridized carbons (Fsp3) is 0.375. The van der Waals surface area contributed by atoms with E-state index >= 15 is 0 Å². The molecule has 0 amide bonds. The molecular weight excluding hydrogens is 379 g/mol. The van der Waals surface area contributed by atoms with Gasteiger partial charge in [0.2, 0.25) is 0 Å². The van der Waals surface area contributed by atoms with Gasteiger partial charge in [0.1, 0.15) is 5.82 Å². The highest BCUT2D eigenvalue weighted by atomic mass is 19.1. The number of aryl methyl sites for hydroxylation is 1. The molecule has 1 unspecified atom stereocenters. The zero-order valence-corrected chi connectivity index (χ0v) is 17.4. The molecule has 3 aromatic rings. The Hall–Kier alpha value is -2.54. The van der Waals surface area contributed by atoms with E-state index in [2.05, 4.69) is 51.2 Å². The van der Waals surface area contributed by atoms with Crippen molar-refractivity contribution in [1.29, 1.82) is 0 Å². The summed E-state index contributed by atoms with van der Waals surface area (Å²) < 4.78 is 13.7. The Kier molecular flexibility index (Phi) is 6.57. The second kappa shape index (κ2) is 9.51. The second-order valence-electron chi connectivity index (χ2n) is 8.14. The van der Waals surface area contributed by atoms with Gasteiger partial charge in [0.15, 0.2) is 0 Å². The van der Waals surface area contributed by atoms with Gasteiger partial charge in [-0.2, -0.15) is 5.10 Å². The molecule has 1 aliphatic rings. The molecule has 0 bridgehead atoms. The van der Waals surface area contributed by atoms with Crippen LogP contribution in [-0.4, -0.2) is 57.4 Å². The minimum atomic E-state index is -0.249. The number of hydrogen-bond acceptors (Lipinski definition) is 4. The molecule has 1 fully saturated rings. The van der Waals surface area contributed by atoms with Crippen molar-refractivity contribution in [2.24, 2.45) is 0 Å². The number of benzene rings is 2. The molecule has 2 N–H and O–H groups in total. The molecule has 2 heterocycles. The topological polar surface area (TPSA) is 55.4 Å². The number of H-pyrrole nitrogens is 1. The molecule has 0 saturated carbocycles. The lowest BCUT2D eigenvalue weighted by Crippen LogP contribution is -2.52. The van der Waals surface area contributed by atoms with Crippen molar-refractivity contribution in [2.75, 3.05) is 26.2 Å². The number of rotatable bonds is 7. The van der Waals surface area contributed by atoms with E-state index in [1.807, 2.05) is 12.3 Å². The van der Waals surface area contributed by atoms with E-state index in [1.165, 1.54) is 23.3 Å². The van der Waals surface area contributed by atoms with Crippen molar-refractivity contribution in [2.45, 2.75) is 32.5 Å². The van der Waals surface area contributed by atoms with Crippen LogP contribution in [0.15, 0.2) is 54.7 Å². The van der Waals surface area contributed by atoms with Crippen molar-refractivity contribution in [3.8, 4) is 11.3 Å². The van der Waals surface area contributed by atoms with Gasteiger partial charge < -0.3 is 5.11 Å². The first-order chi connectivity index (χ1) is 14.6. The smallest absolute Gasteiger partial charge is 0.123 e. The van der Waals surface area contributed by atoms with Crippen molar-refractivity contribution in [1.82, 2.24) is 20.0 Å². The highest BCUT2D eigenvalue weighted by molar-refractivity contribution is 5.62. The summed E-state index contributed by atoms with van der Waals surface area (Å²) in [6.07, 6.45) is 2.59. The van der Waals surface area contributed by atoms with E-state index in [0.29, 0.717) is 6.04 Å².